The van der Waals surface area contributed by atoms with Gasteiger partial charge < -0.3 is 15.4 Å². The van der Waals surface area contributed by atoms with E-state index in [2.05, 4.69) is 13.8 Å². The van der Waals surface area contributed by atoms with Crippen LogP contribution in [0.1, 0.15) is 43.5 Å². The highest BCUT2D eigenvalue weighted by Gasteiger charge is 2.29. The lowest BCUT2D eigenvalue weighted by Gasteiger charge is -2.39. The van der Waals surface area contributed by atoms with E-state index in [4.69, 9.17) is 10.5 Å². The Morgan fingerprint density at radius 2 is 1.95 bits per heavy atom. The lowest BCUT2D eigenvalue weighted by atomic mass is 9.96. The number of nitrogens with zero attached hydrogens (tertiary/aromatic N) is 1. The van der Waals surface area contributed by atoms with Gasteiger partial charge in [0.15, 0.2) is 0 Å². The molecule has 0 bridgehead atoms. The molecule has 2 N–H and O–H groups in total. The molecule has 19 heavy (non-hydrogen) atoms. The highest BCUT2D eigenvalue weighted by atomic mass is 16.5. The van der Waals surface area contributed by atoms with Gasteiger partial charge in [-0.05, 0) is 51.3 Å². The summed E-state index contributed by atoms with van der Waals surface area (Å²) < 4.78 is 5.12. The number of ether oxygens (including phenoxy) is 1. The number of carbonyl (C=O) groups is 1. The maximum absolute atomic E-state index is 12.6. The van der Waals surface area contributed by atoms with Crippen LogP contribution in [0.2, 0.25) is 0 Å². The maximum atomic E-state index is 12.6. The number of nitrogen functional groups attached to an aromatic ring is 1. The lowest BCUT2D eigenvalue weighted by Crippen LogP contribution is -2.47. The van der Waals surface area contributed by atoms with Crippen molar-refractivity contribution in [2.45, 2.75) is 45.2 Å². The van der Waals surface area contributed by atoms with Gasteiger partial charge >= 0.3 is 0 Å². The maximum Gasteiger partial charge on any atom is 0.254 e. The molecule has 2 rings (SSSR count). The number of anilines is 1. The van der Waals surface area contributed by atoms with Crippen LogP contribution in [-0.4, -0.2) is 30.0 Å². The van der Waals surface area contributed by atoms with Gasteiger partial charge in [0, 0.05) is 17.6 Å². The van der Waals surface area contributed by atoms with Gasteiger partial charge in [0.25, 0.3) is 5.91 Å². The van der Waals surface area contributed by atoms with E-state index >= 15 is 0 Å². The summed E-state index contributed by atoms with van der Waals surface area (Å²) in [6, 6.07) is 5.82. The smallest absolute Gasteiger partial charge is 0.254 e. The van der Waals surface area contributed by atoms with Crippen LogP contribution in [0.4, 0.5) is 5.69 Å². The molecule has 1 saturated heterocycles. The predicted molar refractivity (Wildman–Crippen MR) is 76.4 cm³/mol. The molecule has 0 saturated carbocycles. The minimum absolute atomic E-state index is 0.0639. The SMILES string of the molecule is COc1ccc(C(=O)N2[C@@H](C)CCC[C@@H]2C)cc1N. The Kier molecular flexibility index (Phi) is 3.98. The van der Waals surface area contributed by atoms with Gasteiger partial charge in [-0.3, -0.25) is 4.79 Å². The first-order chi connectivity index (χ1) is 9.04. The van der Waals surface area contributed by atoms with Crippen molar-refractivity contribution in [2.75, 3.05) is 12.8 Å². The number of benzene rings is 1. The van der Waals surface area contributed by atoms with Crippen LogP contribution < -0.4 is 10.5 Å². The van der Waals surface area contributed by atoms with Gasteiger partial charge in [0.1, 0.15) is 5.75 Å². The van der Waals surface area contributed by atoms with Gasteiger partial charge in [-0.2, -0.15) is 0 Å². The minimum atomic E-state index is 0.0639. The molecule has 1 heterocycles. The van der Waals surface area contributed by atoms with E-state index in [1.165, 1.54) is 6.42 Å². The van der Waals surface area contributed by atoms with Crippen molar-refractivity contribution in [3.8, 4) is 5.75 Å². The summed E-state index contributed by atoms with van der Waals surface area (Å²) in [5.41, 5.74) is 7.02. The lowest BCUT2D eigenvalue weighted by molar-refractivity contribution is 0.0511. The van der Waals surface area contributed by atoms with E-state index in [1.54, 1.807) is 25.3 Å². The second kappa shape index (κ2) is 5.51. The Balaban J connectivity index is 2.25. The van der Waals surface area contributed by atoms with Crippen molar-refractivity contribution in [1.29, 1.82) is 0 Å². The van der Waals surface area contributed by atoms with Crippen LogP contribution in [0.25, 0.3) is 0 Å². The quantitative estimate of drug-likeness (QED) is 0.834. The first kappa shape index (κ1) is 13.7. The molecule has 0 spiro atoms. The summed E-state index contributed by atoms with van der Waals surface area (Å²) in [5.74, 6) is 0.672. The highest BCUT2D eigenvalue weighted by Crippen LogP contribution is 2.27. The third-order valence-electron chi connectivity index (χ3n) is 3.90. The molecule has 0 aliphatic carbocycles. The molecule has 0 unspecified atom stereocenters. The molecule has 104 valence electrons. The molecule has 1 aliphatic heterocycles. The number of nitrogens with two attached hydrogens (primary N) is 1. The van der Waals surface area contributed by atoms with E-state index < -0.39 is 0 Å². The summed E-state index contributed by atoms with van der Waals surface area (Å²) in [4.78, 5) is 14.6. The van der Waals surface area contributed by atoms with Crippen LogP contribution in [0.3, 0.4) is 0 Å². The number of carbonyl (C=O) groups excluding carboxylic acids is 1. The fraction of sp³-hybridized carbons (Fsp3) is 0.533. The Labute approximate surface area is 114 Å². The first-order valence-electron chi connectivity index (χ1n) is 6.80. The van der Waals surface area contributed by atoms with Crippen molar-refractivity contribution in [3.63, 3.8) is 0 Å². The fourth-order valence-corrected chi connectivity index (χ4v) is 2.84. The average Bonchev–Trinajstić information content (AvgIpc) is 2.38. The van der Waals surface area contributed by atoms with E-state index in [-0.39, 0.29) is 5.91 Å². The van der Waals surface area contributed by atoms with E-state index in [0.29, 0.717) is 29.1 Å². The summed E-state index contributed by atoms with van der Waals surface area (Å²) in [6.07, 6.45) is 3.33. The summed E-state index contributed by atoms with van der Waals surface area (Å²) in [5, 5.41) is 0. The molecule has 4 nitrogen and oxygen atoms in total. The Hall–Kier alpha value is -1.71. The van der Waals surface area contributed by atoms with Crippen molar-refractivity contribution in [1.82, 2.24) is 4.90 Å². The molecule has 1 aliphatic rings. The zero-order chi connectivity index (χ0) is 14.0. The van der Waals surface area contributed by atoms with Crippen LogP contribution in [0, 0.1) is 0 Å². The Morgan fingerprint density at radius 1 is 1.32 bits per heavy atom. The molecule has 1 aromatic carbocycles. The number of likely N-dealkylation sites (tertiary alicyclic amines) is 1. The van der Waals surface area contributed by atoms with Gasteiger partial charge in [-0.25, -0.2) is 0 Å². The highest BCUT2D eigenvalue weighted by molar-refractivity contribution is 5.96. The standard InChI is InChI=1S/C15H22N2O2/c1-10-5-4-6-11(2)17(10)15(18)12-7-8-14(19-3)13(16)9-12/h7-11H,4-6,16H2,1-3H3/t10-,11-/m0/s1. The largest absolute Gasteiger partial charge is 0.495 e. The van der Waals surface area contributed by atoms with Crippen LogP contribution in [0.5, 0.6) is 5.75 Å². The fourth-order valence-electron chi connectivity index (χ4n) is 2.84. The molecule has 1 aromatic rings. The monoisotopic (exact) mass is 262 g/mol. The Bertz CT molecular complexity index is 463. The Morgan fingerprint density at radius 3 is 2.47 bits per heavy atom. The van der Waals surface area contributed by atoms with Gasteiger partial charge in [0.05, 0.1) is 12.8 Å². The summed E-state index contributed by atoms with van der Waals surface area (Å²) >= 11 is 0. The van der Waals surface area contributed by atoms with Gasteiger partial charge in [0.2, 0.25) is 0 Å². The normalized spacial score (nSPS) is 23.2. The van der Waals surface area contributed by atoms with Crippen molar-refractivity contribution in [3.05, 3.63) is 23.8 Å². The third-order valence-corrected chi connectivity index (χ3v) is 3.90. The van der Waals surface area contributed by atoms with Crippen molar-refractivity contribution < 1.29 is 9.53 Å². The average molecular weight is 262 g/mol. The number of amides is 1. The number of hydrogen-bond acceptors (Lipinski definition) is 3. The first-order valence-corrected chi connectivity index (χ1v) is 6.80. The topological polar surface area (TPSA) is 55.6 Å². The van der Waals surface area contributed by atoms with E-state index in [9.17, 15) is 4.79 Å². The van der Waals surface area contributed by atoms with Crippen LogP contribution in [-0.2, 0) is 0 Å². The zero-order valence-corrected chi connectivity index (χ0v) is 11.8. The number of methoxy groups -OCH3 is 1. The van der Waals surface area contributed by atoms with Crippen LogP contribution >= 0.6 is 0 Å². The van der Waals surface area contributed by atoms with Crippen molar-refractivity contribution >= 4 is 11.6 Å². The minimum Gasteiger partial charge on any atom is -0.495 e. The van der Waals surface area contributed by atoms with Crippen LogP contribution in [0.15, 0.2) is 18.2 Å². The van der Waals surface area contributed by atoms with Crippen molar-refractivity contribution in [2.24, 2.45) is 0 Å². The molecule has 1 amide bonds. The molecule has 4 heteroatoms. The summed E-state index contributed by atoms with van der Waals surface area (Å²) in [6.45, 7) is 4.22. The predicted octanol–water partition coefficient (Wildman–Crippen LogP) is 2.68. The molecule has 1 fully saturated rings. The van der Waals surface area contributed by atoms with E-state index in [0.717, 1.165) is 12.8 Å². The summed E-state index contributed by atoms with van der Waals surface area (Å²) in [7, 11) is 1.57. The molecular weight excluding hydrogens is 240 g/mol. The molecule has 0 radical (unpaired) electrons. The van der Waals surface area contributed by atoms with Gasteiger partial charge in [-0.15, -0.1) is 0 Å². The number of hydrogen-bond donors (Lipinski definition) is 1. The third kappa shape index (κ3) is 2.67. The van der Waals surface area contributed by atoms with E-state index in [1.807, 2.05) is 4.90 Å². The molecule has 0 aromatic heterocycles. The molecular formula is C15H22N2O2. The van der Waals surface area contributed by atoms with Gasteiger partial charge in [-0.1, -0.05) is 0 Å². The number of rotatable bonds is 2. The second-order valence-corrected chi connectivity index (χ2v) is 5.30. The second-order valence-electron chi connectivity index (χ2n) is 5.30. The molecule has 2 atom stereocenters. The zero-order valence-electron chi connectivity index (χ0n) is 11.8. The number of piperidine rings is 1.